The summed E-state index contributed by atoms with van der Waals surface area (Å²) in [6, 6.07) is 5.45. The fourth-order valence-corrected chi connectivity index (χ4v) is 1.86. The number of nitro benzene ring substituents is 1. The van der Waals surface area contributed by atoms with Crippen LogP contribution in [0.1, 0.15) is 0 Å². The number of aliphatic hydroxyl groups excluding tert-OH is 1. The molecule has 0 aliphatic carbocycles. The highest BCUT2D eigenvalue weighted by Crippen LogP contribution is 2.16. The van der Waals surface area contributed by atoms with Crippen LogP contribution in [-0.2, 0) is 4.57 Å². The fraction of sp³-hybridized carbons (Fsp3) is 0.250. The third-order valence-electron chi connectivity index (χ3n) is 1.66. The zero-order chi connectivity index (χ0) is 11.3. The molecule has 6 nitrogen and oxygen atoms in total. The molecule has 0 aliphatic rings. The molecule has 0 saturated carbocycles. The van der Waals surface area contributed by atoms with Crippen molar-refractivity contribution in [3.8, 4) is 0 Å². The van der Waals surface area contributed by atoms with Gasteiger partial charge in [0.2, 0.25) is 5.30 Å². The Labute approximate surface area is 86.9 Å². The average Bonchev–Trinajstić information content (AvgIpc) is 2.26. The first-order valence-corrected chi connectivity index (χ1v) is 5.47. The number of aliphatic hydroxyl groups is 1. The summed E-state index contributed by atoms with van der Waals surface area (Å²) in [5.74, 6) is 0. The van der Waals surface area contributed by atoms with Gasteiger partial charge in [0.15, 0.2) is 0 Å². The Bertz CT molecular complexity index is 365. The smallest absolute Gasteiger partial charge is 0.395 e. The molecule has 1 aromatic carbocycles. The number of nitrogens with one attached hydrogen (secondary N) is 1. The Balaban J connectivity index is 2.71. The highest BCUT2D eigenvalue weighted by molar-refractivity contribution is 7.51. The van der Waals surface area contributed by atoms with E-state index < -0.39 is 12.9 Å². The van der Waals surface area contributed by atoms with E-state index >= 15 is 0 Å². The Kier molecular flexibility index (Phi) is 4.30. The quantitative estimate of drug-likeness (QED) is 0.436. The van der Waals surface area contributed by atoms with Crippen molar-refractivity contribution in [3.05, 3.63) is 34.4 Å². The van der Waals surface area contributed by atoms with E-state index in [0.29, 0.717) is 5.30 Å². The van der Waals surface area contributed by atoms with Crippen molar-refractivity contribution in [1.29, 1.82) is 0 Å². The second kappa shape index (κ2) is 5.50. The molecule has 0 spiro atoms. The maximum absolute atomic E-state index is 11.4. The second-order valence-corrected chi connectivity index (χ2v) is 4.12. The van der Waals surface area contributed by atoms with E-state index in [1.54, 1.807) is 0 Å². The molecular formula is C8H10N2O4P+. The zero-order valence-electron chi connectivity index (χ0n) is 7.79. The average molecular weight is 229 g/mol. The number of benzene rings is 1. The predicted molar refractivity (Wildman–Crippen MR) is 55.4 cm³/mol. The largest absolute Gasteiger partial charge is 0.471 e. The summed E-state index contributed by atoms with van der Waals surface area (Å²) in [7, 11) is -1.80. The van der Waals surface area contributed by atoms with Gasteiger partial charge in [-0.1, -0.05) is 0 Å². The van der Waals surface area contributed by atoms with Crippen molar-refractivity contribution in [2.45, 2.75) is 0 Å². The van der Waals surface area contributed by atoms with Crippen LogP contribution in [0.2, 0.25) is 0 Å². The number of non-ortho nitro benzene ring substituents is 1. The molecule has 0 saturated heterocycles. The van der Waals surface area contributed by atoms with Crippen molar-refractivity contribution >= 4 is 18.9 Å². The van der Waals surface area contributed by atoms with Gasteiger partial charge < -0.3 is 5.11 Å². The van der Waals surface area contributed by atoms with Crippen molar-refractivity contribution in [2.24, 2.45) is 0 Å². The molecule has 0 aromatic heterocycles. The van der Waals surface area contributed by atoms with E-state index in [1.165, 1.54) is 24.3 Å². The number of nitro groups is 1. The van der Waals surface area contributed by atoms with Crippen LogP contribution in [0.25, 0.3) is 0 Å². The minimum absolute atomic E-state index is 0.0377. The molecule has 80 valence electrons. The first kappa shape index (κ1) is 11.7. The van der Waals surface area contributed by atoms with E-state index in [2.05, 4.69) is 5.09 Å². The van der Waals surface area contributed by atoms with Gasteiger partial charge in [0, 0.05) is 24.3 Å². The maximum Gasteiger partial charge on any atom is 0.471 e. The summed E-state index contributed by atoms with van der Waals surface area (Å²) < 4.78 is 11.4. The standard InChI is InChI=1S/C8H10N2O4P/c11-6-5-9-15(14)8-3-1-7(2-4-8)10(12)13/h1-4,11H,5-6H2,(H,9,14)/q+1. The third-order valence-corrected chi connectivity index (χ3v) is 2.94. The molecule has 1 atom stereocenters. The van der Waals surface area contributed by atoms with Crippen LogP contribution in [0.3, 0.4) is 0 Å². The fourth-order valence-electron chi connectivity index (χ4n) is 0.953. The molecule has 1 aromatic rings. The predicted octanol–water partition coefficient (Wildman–Crippen LogP) is 0.544. The van der Waals surface area contributed by atoms with Gasteiger partial charge in [-0.15, -0.1) is 5.09 Å². The summed E-state index contributed by atoms with van der Waals surface area (Å²) in [5, 5.41) is 21.9. The molecular weight excluding hydrogens is 219 g/mol. The highest BCUT2D eigenvalue weighted by Gasteiger charge is 2.19. The molecule has 2 N–H and O–H groups in total. The Morgan fingerprint density at radius 1 is 1.40 bits per heavy atom. The first-order chi connectivity index (χ1) is 7.15. The van der Waals surface area contributed by atoms with E-state index in [-0.39, 0.29) is 18.8 Å². The number of hydrogen-bond donors (Lipinski definition) is 2. The minimum Gasteiger partial charge on any atom is -0.395 e. The Hall–Kier alpha value is -1.36. The molecule has 0 radical (unpaired) electrons. The minimum atomic E-state index is -1.80. The molecule has 1 unspecified atom stereocenters. The van der Waals surface area contributed by atoms with Gasteiger partial charge in [-0.3, -0.25) is 10.1 Å². The third kappa shape index (κ3) is 3.36. The van der Waals surface area contributed by atoms with Crippen LogP contribution in [0, 0.1) is 10.1 Å². The van der Waals surface area contributed by atoms with Gasteiger partial charge in [-0.05, 0) is 4.57 Å². The lowest BCUT2D eigenvalue weighted by molar-refractivity contribution is -0.384. The van der Waals surface area contributed by atoms with Crippen LogP contribution < -0.4 is 10.4 Å². The van der Waals surface area contributed by atoms with Crippen molar-refractivity contribution in [3.63, 3.8) is 0 Å². The number of hydrogen-bond acceptors (Lipinski definition) is 4. The van der Waals surface area contributed by atoms with E-state index in [4.69, 9.17) is 5.11 Å². The van der Waals surface area contributed by atoms with Crippen molar-refractivity contribution in [1.82, 2.24) is 5.09 Å². The molecule has 7 heteroatoms. The van der Waals surface area contributed by atoms with Gasteiger partial charge in [-0.2, -0.15) is 0 Å². The van der Waals surface area contributed by atoms with Crippen LogP contribution in [0.5, 0.6) is 0 Å². The van der Waals surface area contributed by atoms with Crippen molar-refractivity contribution < 1.29 is 14.6 Å². The lowest BCUT2D eigenvalue weighted by Gasteiger charge is -1.91. The van der Waals surface area contributed by atoms with Crippen LogP contribution >= 0.6 is 7.95 Å². The topological polar surface area (TPSA) is 92.5 Å². The van der Waals surface area contributed by atoms with Crippen LogP contribution in [0.4, 0.5) is 5.69 Å². The van der Waals surface area contributed by atoms with Gasteiger partial charge in [0.25, 0.3) is 5.69 Å². The second-order valence-electron chi connectivity index (χ2n) is 2.70. The van der Waals surface area contributed by atoms with E-state index in [9.17, 15) is 14.7 Å². The van der Waals surface area contributed by atoms with E-state index in [1.807, 2.05) is 0 Å². The SMILES string of the molecule is O=[N+]([O-])c1ccc([P+](=O)NCCO)cc1. The number of rotatable bonds is 5. The lowest BCUT2D eigenvalue weighted by Crippen LogP contribution is -2.14. The molecule has 0 amide bonds. The van der Waals surface area contributed by atoms with Gasteiger partial charge in [0.1, 0.15) is 0 Å². The molecule has 1 rings (SSSR count). The summed E-state index contributed by atoms with van der Waals surface area (Å²) >= 11 is 0. The Morgan fingerprint density at radius 2 is 2.00 bits per heavy atom. The monoisotopic (exact) mass is 229 g/mol. The van der Waals surface area contributed by atoms with Gasteiger partial charge in [0.05, 0.1) is 18.1 Å². The summed E-state index contributed by atoms with van der Waals surface area (Å²) in [5.41, 5.74) is -0.0377. The highest BCUT2D eigenvalue weighted by atomic mass is 31.1. The summed E-state index contributed by atoms with van der Waals surface area (Å²) in [6.07, 6.45) is 0. The zero-order valence-corrected chi connectivity index (χ0v) is 8.68. The molecule has 0 fully saturated rings. The summed E-state index contributed by atoms with van der Waals surface area (Å²) in [4.78, 5) is 9.82. The van der Waals surface area contributed by atoms with Gasteiger partial charge >= 0.3 is 7.95 Å². The molecule has 0 heterocycles. The molecule has 0 bridgehead atoms. The van der Waals surface area contributed by atoms with Gasteiger partial charge in [-0.25, -0.2) is 0 Å². The normalized spacial score (nSPS) is 11.1. The van der Waals surface area contributed by atoms with Crippen LogP contribution in [-0.4, -0.2) is 23.2 Å². The Morgan fingerprint density at radius 3 is 2.47 bits per heavy atom. The number of nitrogens with zero attached hydrogens (tertiary/aromatic N) is 1. The van der Waals surface area contributed by atoms with Crippen molar-refractivity contribution in [2.75, 3.05) is 13.2 Å². The summed E-state index contributed by atoms with van der Waals surface area (Å²) in [6.45, 7) is 0.125. The van der Waals surface area contributed by atoms with E-state index in [0.717, 1.165) is 0 Å². The molecule has 0 aliphatic heterocycles. The lowest BCUT2D eigenvalue weighted by atomic mass is 10.3. The van der Waals surface area contributed by atoms with Crippen LogP contribution in [0.15, 0.2) is 24.3 Å². The first-order valence-electron chi connectivity index (χ1n) is 4.21. The molecule has 15 heavy (non-hydrogen) atoms. The maximum atomic E-state index is 11.4.